The Morgan fingerprint density at radius 2 is 1.81 bits per heavy atom. The molecule has 0 aliphatic rings. The van der Waals surface area contributed by atoms with Crippen LogP contribution >= 0.6 is 11.6 Å². The Morgan fingerprint density at radius 3 is 2.25 bits per heavy atom. The molecular weight excluding hydrogens is 235 g/mol. The lowest BCUT2D eigenvalue weighted by molar-refractivity contribution is 0.0866. The van der Waals surface area contributed by atoms with Crippen LogP contribution in [0.3, 0.4) is 0 Å². The maximum atomic E-state index is 13.9. The Bertz CT molecular complexity index is 380. The first-order valence-electron chi connectivity index (χ1n) is 4.68. The molecule has 1 N–H and O–H groups in total. The summed E-state index contributed by atoms with van der Waals surface area (Å²) in [7, 11) is 2.92. The van der Waals surface area contributed by atoms with Crippen molar-refractivity contribution >= 4 is 11.6 Å². The molecule has 0 aromatic heterocycles. The van der Waals surface area contributed by atoms with Gasteiger partial charge in [0.05, 0.1) is 25.8 Å². The highest BCUT2D eigenvalue weighted by Crippen LogP contribution is 2.39. The van der Waals surface area contributed by atoms with Crippen LogP contribution in [0, 0.1) is 0 Å². The van der Waals surface area contributed by atoms with Crippen molar-refractivity contribution in [3.63, 3.8) is 0 Å². The molecule has 90 valence electrons. The van der Waals surface area contributed by atoms with Crippen molar-refractivity contribution in [2.75, 3.05) is 20.8 Å². The number of ether oxygens (including phenoxy) is 2. The summed E-state index contributed by atoms with van der Waals surface area (Å²) in [6.45, 7) is 0.600. The lowest BCUT2D eigenvalue weighted by Gasteiger charge is -2.21. The summed E-state index contributed by atoms with van der Waals surface area (Å²) in [5, 5.41) is 9.15. The Kier molecular flexibility index (Phi) is 3.99. The van der Waals surface area contributed by atoms with Crippen molar-refractivity contribution in [1.82, 2.24) is 0 Å². The van der Waals surface area contributed by atoms with Crippen LogP contribution in [0.5, 0.6) is 11.5 Å². The van der Waals surface area contributed by atoms with Gasteiger partial charge in [0.1, 0.15) is 0 Å². The fraction of sp³-hybridized carbons (Fsp3) is 0.455. The van der Waals surface area contributed by atoms with Gasteiger partial charge in [-0.05, 0) is 13.0 Å². The average molecular weight is 249 g/mol. The van der Waals surface area contributed by atoms with E-state index in [1.54, 1.807) is 0 Å². The van der Waals surface area contributed by atoms with Gasteiger partial charge < -0.3 is 14.6 Å². The fourth-order valence-corrected chi connectivity index (χ4v) is 1.69. The SMILES string of the molecule is COc1cc(Cl)c(C(C)(F)CO)cc1OC. The molecule has 0 spiro atoms. The summed E-state index contributed by atoms with van der Waals surface area (Å²) in [4.78, 5) is 0. The van der Waals surface area contributed by atoms with E-state index < -0.39 is 12.3 Å². The number of methoxy groups -OCH3 is 2. The molecule has 1 aromatic carbocycles. The van der Waals surface area contributed by atoms with Gasteiger partial charge in [-0.2, -0.15) is 0 Å². The van der Waals surface area contributed by atoms with E-state index >= 15 is 0 Å². The molecule has 0 fully saturated rings. The van der Waals surface area contributed by atoms with Crippen LogP contribution < -0.4 is 9.47 Å². The number of aliphatic hydroxyl groups excluding tert-OH is 1. The zero-order valence-electron chi connectivity index (χ0n) is 9.38. The number of hydrogen-bond donors (Lipinski definition) is 1. The first-order valence-corrected chi connectivity index (χ1v) is 5.06. The van der Waals surface area contributed by atoms with Gasteiger partial charge in [-0.1, -0.05) is 11.6 Å². The first-order chi connectivity index (χ1) is 7.46. The van der Waals surface area contributed by atoms with Crippen LogP contribution in [-0.4, -0.2) is 25.9 Å². The van der Waals surface area contributed by atoms with Crippen LogP contribution in [-0.2, 0) is 5.67 Å². The van der Waals surface area contributed by atoms with Gasteiger partial charge in [-0.25, -0.2) is 4.39 Å². The molecule has 16 heavy (non-hydrogen) atoms. The summed E-state index contributed by atoms with van der Waals surface area (Å²) in [6, 6.07) is 2.89. The van der Waals surface area contributed by atoms with Crippen LogP contribution in [0.15, 0.2) is 12.1 Å². The molecule has 0 saturated carbocycles. The second kappa shape index (κ2) is 4.89. The molecule has 0 bridgehead atoms. The Labute approximate surface area is 98.7 Å². The molecule has 1 unspecified atom stereocenters. The van der Waals surface area contributed by atoms with Crippen molar-refractivity contribution in [2.24, 2.45) is 0 Å². The minimum Gasteiger partial charge on any atom is -0.493 e. The quantitative estimate of drug-likeness (QED) is 0.890. The van der Waals surface area contributed by atoms with Gasteiger partial charge in [-0.3, -0.25) is 0 Å². The van der Waals surface area contributed by atoms with E-state index in [2.05, 4.69) is 0 Å². The molecule has 0 radical (unpaired) electrons. The van der Waals surface area contributed by atoms with Crippen molar-refractivity contribution in [3.8, 4) is 11.5 Å². The smallest absolute Gasteiger partial charge is 0.162 e. The van der Waals surface area contributed by atoms with E-state index in [9.17, 15) is 4.39 Å². The van der Waals surface area contributed by atoms with Gasteiger partial charge in [0, 0.05) is 11.6 Å². The largest absolute Gasteiger partial charge is 0.493 e. The molecule has 0 aliphatic heterocycles. The fourth-order valence-electron chi connectivity index (χ4n) is 1.34. The maximum absolute atomic E-state index is 13.9. The van der Waals surface area contributed by atoms with Crippen LogP contribution in [0.25, 0.3) is 0 Å². The number of aliphatic hydroxyl groups is 1. The third-order valence-corrected chi connectivity index (χ3v) is 2.64. The summed E-state index contributed by atoms with van der Waals surface area (Å²) >= 11 is 5.91. The van der Waals surface area contributed by atoms with Gasteiger partial charge in [0.15, 0.2) is 17.2 Å². The second-order valence-corrected chi connectivity index (χ2v) is 3.95. The predicted molar refractivity (Wildman–Crippen MR) is 60.1 cm³/mol. The Hall–Kier alpha value is -1.00. The third kappa shape index (κ3) is 2.39. The number of rotatable bonds is 4. The minimum atomic E-state index is -1.91. The number of hydrogen-bond acceptors (Lipinski definition) is 3. The van der Waals surface area contributed by atoms with E-state index in [4.69, 9.17) is 26.2 Å². The van der Waals surface area contributed by atoms with Crippen molar-refractivity contribution in [1.29, 1.82) is 0 Å². The molecule has 0 aliphatic carbocycles. The number of benzene rings is 1. The van der Waals surface area contributed by atoms with Gasteiger partial charge in [0.25, 0.3) is 0 Å². The lowest BCUT2D eigenvalue weighted by atomic mass is 9.98. The molecule has 0 saturated heterocycles. The van der Waals surface area contributed by atoms with E-state index in [1.807, 2.05) is 0 Å². The zero-order valence-corrected chi connectivity index (χ0v) is 10.1. The standard InChI is InChI=1S/C11H14ClFO3/c1-11(13,6-14)7-4-9(15-2)10(16-3)5-8(7)12/h4-5,14H,6H2,1-3H3. The van der Waals surface area contributed by atoms with E-state index in [0.717, 1.165) is 0 Å². The van der Waals surface area contributed by atoms with Gasteiger partial charge in [0.2, 0.25) is 0 Å². The molecule has 5 heteroatoms. The van der Waals surface area contributed by atoms with Crippen molar-refractivity contribution < 1.29 is 19.0 Å². The second-order valence-electron chi connectivity index (χ2n) is 3.54. The average Bonchev–Trinajstić information content (AvgIpc) is 2.28. The molecule has 1 rings (SSSR count). The van der Waals surface area contributed by atoms with Gasteiger partial charge in [-0.15, -0.1) is 0 Å². The van der Waals surface area contributed by atoms with E-state index in [1.165, 1.54) is 33.3 Å². The normalized spacial score (nSPS) is 14.4. The van der Waals surface area contributed by atoms with Gasteiger partial charge >= 0.3 is 0 Å². The van der Waals surface area contributed by atoms with E-state index in [-0.39, 0.29) is 10.6 Å². The molecule has 0 heterocycles. The predicted octanol–water partition coefficient (Wildman–Crippen LogP) is 2.53. The lowest BCUT2D eigenvalue weighted by Crippen LogP contribution is -2.20. The summed E-state index contributed by atoms with van der Waals surface area (Å²) in [5.74, 6) is 0.796. The summed E-state index contributed by atoms with van der Waals surface area (Å²) in [6.07, 6.45) is 0. The molecular formula is C11H14ClFO3. The van der Waals surface area contributed by atoms with Crippen LogP contribution in [0.4, 0.5) is 4.39 Å². The molecule has 3 nitrogen and oxygen atoms in total. The monoisotopic (exact) mass is 248 g/mol. The highest BCUT2D eigenvalue weighted by molar-refractivity contribution is 6.31. The number of halogens is 2. The minimum absolute atomic E-state index is 0.175. The highest BCUT2D eigenvalue weighted by Gasteiger charge is 2.29. The topological polar surface area (TPSA) is 38.7 Å². The summed E-state index contributed by atoms with van der Waals surface area (Å²) < 4.78 is 24.0. The van der Waals surface area contributed by atoms with E-state index in [0.29, 0.717) is 11.5 Å². The third-order valence-electron chi connectivity index (χ3n) is 2.33. The van der Waals surface area contributed by atoms with Crippen LogP contribution in [0.2, 0.25) is 5.02 Å². The van der Waals surface area contributed by atoms with Crippen molar-refractivity contribution in [3.05, 3.63) is 22.7 Å². The maximum Gasteiger partial charge on any atom is 0.162 e. The molecule has 0 amide bonds. The zero-order chi connectivity index (χ0) is 12.3. The highest BCUT2D eigenvalue weighted by atomic mass is 35.5. The molecule has 1 aromatic rings. The Morgan fingerprint density at radius 1 is 1.31 bits per heavy atom. The molecule has 1 atom stereocenters. The number of alkyl halides is 1. The first kappa shape index (κ1) is 13.1. The van der Waals surface area contributed by atoms with Crippen molar-refractivity contribution in [2.45, 2.75) is 12.6 Å². The summed E-state index contributed by atoms with van der Waals surface area (Å²) in [5.41, 5.74) is -1.73. The van der Waals surface area contributed by atoms with Crippen LogP contribution in [0.1, 0.15) is 12.5 Å². The Balaban J connectivity index is 3.32.